The van der Waals surface area contributed by atoms with E-state index in [1.54, 1.807) is 4.57 Å². The number of nitrogens with two attached hydrogens (primary N) is 1. The molecule has 0 fully saturated rings. The number of pyridine rings is 1. The summed E-state index contributed by atoms with van der Waals surface area (Å²) in [5.41, 5.74) is 7.59. The minimum Gasteiger partial charge on any atom is -0.465 e. The Morgan fingerprint density at radius 3 is 2.48 bits per heavy atom. The van der Waals surface area contributed by atoms with Crippen LogP contribution < -0.4 is 11.3 Å². The summed E-state index contributed by atoms with van der Waals surface area (Å²) in [6, 6.07) is 17.0. The monoisotopic (exact) mass is 350 g/mol. The minimum absolute atomic E-state index is 0.173. The number of anilines is 1. The highest BCUT2D eigenvalue weighted by molar-refractivity contribution is 7.22. The second-order valence-corrected chi connectivity index (χ2v) is 6.55. The zero-order valence-corrected chi connectivity index (χ0v) is 14.2. The number of benzene rings is 2. The molecule has 4 rings (SSSR count). The molecule has 2 aromatic heterocycles. The van der Waals surface area contributed by atoms with Crippen molar-refractivity contribution in [2.75, 3.05) is 12.8 Å². The minimum atomic E-state index is -0.534. The summed E-state index contributed by atoms with van der Waals surface area (Å²) in [6.45, 7) is 0. The van der Waals surface area contributed by atoms with Gasteiger partial charge >= 0.3 is 5.97 Å². The summed E-state index contributed by atoms with van der Waals surface area (Å²) >= 11 is 1.19. The largest absolute Gasteiger partial charge is 0.465 e. The van der Waals surface area contributed by atoms with Gasteiger partial charge in [0.05, 0.1) is 28.4 Å². The maximum absolute atomic E-state index is 13.2. The van der Waals surface area contributed by atoms with Crippen LogP contribution in [0.1, 0.15) is 9.67 Å². The molecule has 0 unspecified atom stereocenters. The highest BCUT2D eigenvalue weighted by Crippen LogP contribution is 2.37. The third-order valence-corrected chi connectivity index (χ3v) is 5.36. The first-order chi connectivity index (χ1) is 12.1. The Hall–Kier alpha value is -3.12. The van der Waals surface area contributed by atoms with Crippen LogP contribution in [-0.4, -0.2) is 17.6 Å². The third kappa shape index (κ3) is 2.22. The van der Waals surface area contributed by atoms with Gasteiger partial charge in [0.15, 0.2) is 0 Å². The van der Waals surface area contributed by atoms with Gasteiger partial charge < -0.3 is 10.5 Å². The van der Waals surface area contributed by atoms with Crippen molar-refractivity contribution in [2.24, 2.45) is 0 Å². The predicted molar refractivity (Wildman–Crippen MR) is 101 cm³/mol. The normalized spacial score (nSPS) is 11.1. The molecule has 0 amide bonds. The molecule has 25 heavy (non-hydrogen) atoms. The van der Waals surface area contributed by atoms with Crippen LogP contribution in [0.2, 0.25) is 0 Å². The average molecular weight is 350 g/mol. The van der Waals surface area contributed by atoms with E-state index in [9.17, 15) is 9.59 Å². The summed E-state index contributed by atoms with van der Waals surface area (Å²) in [6.07, 6.45) is 0. The first-order valence-electron chi connectivity index (χ1n) is 7.63. The van der Waals surface area contributed by atoms with Crippen molar-refractivity contribution in [2.45, 2.75) is 0 Å². The molecule has 0 bridgehead atoms. The molecule has 124 valence electrons. The zero-order valence-electron chi connectivity index (χ0n) is 13.4. The van der Waals surface area contributed by atoms with Gasteiger partial charge in [0.2, 0.25) is 0 Å². The van der Waals surface area contributed by atoms with Crippen LogP contribution in [0, 0.1) is 0 Å². The standard InChI is InChI=1S/C19H14N2O3S/c1-24-19(23)17-15(20)14-16(25-17)12-9-5-6-10-13(12)21(18(14)22)11-7-3-2-4-8-11/h2-10H,20H2,1H3. The quantitative estimate of drug-likeness (QED) is 0.561. The molecule has 2 N–H and O–H groups in total. The van der Waals surface area contributed by atoms with Crippen molar-refractivity contribution in [3.63, 3.8) is 0 Å². The molecule has 0 spiro atoms. The number of nitrogen functional groups attached to an aromatic ring is 1. The lowest BCUT2D eigenvalue weighted by molar-refractivity contribution is 0.0607. The highest BCUT2D eigenvalue weighted by Gasteiger charge is 2.23. The summed E-state index contributed by atoms with van der Waals surface area (Å²) < 4.78 is 7.12. The van der Waals surface area contributed by atoms with Gasteiger partial charge in [-0.1, -0.05) is 36.4 Å². The van der Waals surface area contributed by atoms with Crippen LogP contribution >= 0.6 is 11.3 Å². The van der Waals surface area contributed by atoms with E-state index in [0.717, 1.165) is 16.6 Å². The van der Waals surface area contributed by atoms with E-state index in [1.807, 2.05) is 54.6 Å². The maximum atomic E-state index is 13.2. The van der Waals surface area contributed by atoms with Gasteiger partial charge in [-0.25, -0.2) is 4.79 Å². The molecule has 4 aromatic rings. The fourth-order valence-electron chi connectivity index (χ4n) is 3.01. The molecule has 0 atom stereocenters. The van der Waals surface area contributed by atoms with Crippen LogP contribution in [0.3, 0.4) is 0 Å². The first kappa shape index (κ1) is 15.4. The molecule has 0 saturated heterocycles. The Morgan fingerprint density at radius 1 is 1.08 bits per heavy atom. The number of carbonyl (C=O) groups is 1. The van der Waals surface area contributed by atoms with E-state index in [2.05, 4.69) is 0 Å². The Balaban J connectivity index is 2.23. The number of thiophene rings is 1. The Bertz CT molecular complexity index is 1180. The van der Waals surface area contributed by atoms with Gasteiger partial charge in [0, 0.05) is 11.1 Å². The number of aromatic nitrogens is 1. The van der Waals surface area contributed by atoms with Gasteiger partial charge in [-0.05, 0) is 18.2 Å². The summed E-state index contributed by atoms with van der Waals surface area (Å²) in [4.78, 5) is 25.5. The number of methoxy groups -OCH3 is 1. The van der Waals surface area contributed by atoms with Crippen molar-refractivity contribution in [1.29, 1.82) is 0 Å². The van der Waals surface area contributed by atoms with E-state index < -0.39 is 5.97 Å². The number of carbonyl (C=O) groups excluding carboxylic acids is 1. The Morgan fingerprint density at radius 2 is 1.76 bits per heavy atom. The average Bonchev–Trinajstić information content (AvgIpc) is 3.00. The van der Waals surface area contributed by atoms with Crippen molar-refractivity contribution >= 4 is 44.0 Å². The first-order valence-corrected chi connectivity index (χ1v) is 8.44. The lowest BCUT2D eigenvalue weighted by atomic mass is 10.1. The highest BCUT2D eigenvalue weighted by atomic mass is 32.1. The second kappa shape index (κ2) is 5.75. The number of nitrogens with zero attached hydrogens (tertiary/aromatic N) is 1. The molecule has 0 saturated carbocycles. The molecule has 0 aliphatic carbocycles. The van der Waals surface area contributed by atoms with Crippen molar-refractivity contribution in [3.8, 4) is 5.69 Å². The predicted octanol–water partition coefficient (Wildman–Crippen LogP) is 3.57. The molecule has 0 aliphatic rings. The van der Waals surface area contributed by atoms with Gasteiger partial charge in [-0.15, -0.1) is 11.3 Å². The Labute approximate surface area is 146 Å². The van der Waals surface area contributed by atoms with Crippen molar-refractivity contribution < 1.29 is 9.53 Å². The lowest BCUT2D eigenvalue weighted by Crippen LogP contribution is -2.19. The van der Waals surface area contributed by atoms with E-state index in [4.69, 9.17) is 10.5 Å². The fraction of sp³-hybridized carbons (Fsp3) is 0.0526. The van der Waals surface area contributed by atoms with Gasteiger partial charge in [0.25, 0.3) is 5.56 Å². The molecular formula is C19H14N2O3S. The number of hydrogen-bond donors (Lipinski definition) is 1. The smallest absolute Gasteiger partial charge is 0.350 e. The lowest BCUT2D eigenvalue weighted by Gasteiger charge is -2.11. The van der Waals surface area contributed by atoms with Crippen LogP contribution in [0.4, 0.5) is 5.69 Å². The van der Waals surface area contributed by atoms with Crippen LogP contribution in [0.15, 0.2) is 59.4 Å². The SMILES string of the molecule is COC(=O)c1sc2c(c1N)c(=O)n(-c1ccccc1)c1ccccc21. The third-order valence-electron chi connectivity index (χ3n) is 4.14. The molecule has 0 radical (unpaired) electrons. The van der Waals surface area contributed by atoms with E-state index in [1.165, 1.54) is 18.4 Å². The zero-order chi connectivity index (χ0) is 17.6. The summed E-state index contributed by atoms with van der Waals surface area (Å²) in [7, 11) is 1.30. The van der Waals surface area contributed by atoms with Crippen LogP contribution in [-0.2, 0) is 4.74 Å². The summed E-state index contributed by atoms with van der Waals surface area (Å²) in [5, 5.41) is 1.22. The number of rotatable bonds is 2. The fourth-order valence-corrected chi connectivity index (χ4v) is 4.17. The van der Waals surface area contributed by atoms with Gasteiger partial charge in [0.1, 0.15) is 4.88 Å². The van der Waals surface area contributed by atoms with Gasteiger partial charge in [-0.3, -0.25) is 9.36 Å². The Kier molecular flexibility index (Phi) is 3.54. The number of fused-ring (bicyclic) bond motifs is 3. The maximum Gasteiger partial charge on any atom is 0.350 e. The van der Waals surface area contributed by atoms with Crippen molar-refractivity contribution in [1.82, 2.24) is 4.57 Å². The molecule has 2 heterocycles. The van der Waals surface area contributed by atoms with Gasteiger partial charge in [-0.2, -0.15) is 0 Å². The van der Waals surface area contributed by atoms with Crippen molar-refractivity contribution in [3.05, 3.63) is 69.8 Å². The van der Waals surface area contributed by atoms with E-state index in [0.29, 0.717) is 10.1 Å². The number of para-hydroxylation sites is 2. The molecule has 0 aliphatic heterocycles. The molecule has 5 nitrogen and oxygen atoms in total. The van der Waals surface area contributed by atoms with E-state index in [-0.39, 0.29) is 16.1 Å². The topological polar surface area (TPSA) is 74.3 Å². The number of ether oxygens (including phenoxy) is 1. The number of hydrogen-bond acceptors (Lipinski definition) is 5. The molecule has 2 aromatic carbocycles. The van der Waals surface area contributed by atoms with Crippen LogP contribution in [0.5, 0.6) is 0 Å². The number of esters is 1. The second-order valence-electron chi connectivity index (χ2n) is 5.53. The molecule has 6 heteroatoms. The molecular weight excluding hydrogens is 336 g/mol. The summed E-state index contributed by atoms with van der Waals surface area (Å²) in [5.74, 6) is -0.534. The van der Waals surface area contributed by atoms with E-state index >= 15 is 0 Å². The van der Waals surface area contributed by atoms with Crippen LogP contribution in [0.25, 0.3) is 26.7 Å².